The minimum absolute atomic E-state index is 0.103. The molecular formula is C16H22N2O3S. The molecular weight excluding hydrogens is 300 g/mol. The van der Waals surface area contributed by atoms with Crippen molar-refractivity contribution < 1.29 is 14.3 Å². The summed E-state index contributed by atoms with van der Waals surface area (Å²) >= 11 is 5.10. The van der Waals surface area contributed by atoms with Crippen LogP contribution in [0.1, 0.15) is 26.7 Å². The summed E-state index contributed by atoms with van der Waals surface area (Å²) in [6, 6.07) is 7.45. The normalized spacial score (nSPS) is 17.3. The fourth-order valence-electron chi connectivity index (χ4n) is 2.02. The van der Waals surface area contributed by atoms with Crippen molar-refractivity contribution in [3.63, 3.8) is 0 Å². The van der Waals surface area contributed by atoms with Gasteiger partial charge in [0.1, 0.15) is 12.4 Å². The number of anilines is 1. The Morgan fingerprint density at radius 2 is 2.14 bits per heavy atom. The molecule has 1 fully saturated rings. The molecule has 1 saturated heterocycles. The van der Waals surface area contributed by atoms with E-state index in [0.717, 1.165) is 30.9 Å². The van der Waals surface area contributed by atoms with Crippen molar-refractivity contribution in [1.29, 1.82) is 0 Å². The van der Waals surface area contributed by atoms with Crippen LogP contribution in [0.5, 0.6) is 5.75 Å². The lowest BCUT2D eigenvalue weighted by atomic mass is 10.2. The summed E-state index contributed by atoms with van der Waals surface area (Å²) in [6.07, 6.45) is 2.37. The highest BCUT2D eigenvalue weighted by Crippen LogP contribution is 2.18. The van der Waals surface area contributed by atoms with Crippen LogP contribution < -0.4 is 15.4 Å². The van der Waals surface area contributed by atoms with Crippen LogP contribution in [0.2, 0.25) is 0 Å². The van der Waals surface area contributed by atoms with E-state index in [9.17, 15) is 4.79 Å². The van der Waals surface area contributed by atoms with Gasteiger partial charge in [-0.25, -0.2) is 0 Å². The van der Waals surface area contributed by atoms with Gasteiger partial charge in [-0.2, -0.15) is 0 Å². The van der Waals surface area contributed by atoms with Crippen LogP contribution in [0.3, 0.4) is 0 Å². The Balaban J connectivity index is 1.78. The summed E-state index contributed by atoms with van der Waals surface area (Å²) in [6.45, 7) is 5.04. The quantitative estimate of drug-likeness (QED) is 0.816. The molecule has 1 amide bonds. The summed E-state index contributed by atoms with van der Waals surface area (Å²) in [5, 5.41) is 5.91. The van der Waals surface area contributed by atoms with Gasteiger partial charge in [-0.05, 0) is 49.3 Å². The second-order valence-electron chi connectivity index (χ2n) is 5.57. The van der Waals surface area contributed by atoms with Crippen molar-refractivity contribution in [1.82, 2.24) is 5.32 Å². The zero-order chi connectivity index (χ0) is 15.9. The lowest BCUT2D eigenvalue weighted by Gasteiger charge is -2.13. The van der Waals surface area contributed by atoms with Crippen LogP contribution in [-0.2, 0) is 9.53 Å². The van der Waals surface area contributed by atoms with Crippen LogP contribution in [0.4, 0.5) is 5.69 Å². The number of carbonyl (C=O) groups excluding carboxylic acids is 1. The highest BCUT2D eigenvalue weighted by Gasteiger charge is 2.15. The Hall–Kier alpha value is -1.66. The highest BCUT2D eigenvalue weighted by molar-refractivity contribution is 7.80. The van der Waals surface area contributed by atoms with E-state index in [1.165, 1.54) is 0 Å². The molecule has 1 aliphatic heterocycles. The minimum Gasteiger partial charge on any atom is -0.491 e. The van der Waals surface area contributed by atoms with E-state index in [2.05, 4.69) is 10.6 Å². The first-order chi connectivity index (χ1) is 10.5. The third kappa shape index (κ3) is 5.27. The van der Waals surface area contributed by atoms with Crippen LogP contribution in [0.25, 0.3) is 0 Å². The fraction of sp³-hybridized carbons (Fsp3) is 0.500. The van der Waals surface area contributed by atoms with Gasteiger partial charge in [-0.15, -0.1) is 0 Å². The highest BCUT2D eigenvalue weighted by atomic mass is 32.1. The van der Waals surface area contributed by atoms with Gasteiger partial charge in [0.05, 0.1) is 6.10 Å². The summed E-state index contributed by atoms with van der Waals surface area (Å²) < 4.78 is 11.2. The lowest BCUT2D eigenvalue weighted by Crippen LogP contribution is -2.36. The second kappa shape index (κ2) is 8.10. The zero-order valence-corrected chi connectivity index (χ0v) is 13.7. The first-order valence-corrected chi connectivity index (χ1v) is 7.91. The maximum Gasteiger partial charge on any atom is 0.228 e. The van der Waals surface area contributed by atoms with Gasteiger partial charge in [0.15, 0.2) is 5.11 Å². The Morgan fingerprint density at radius 1 is 1.41 bits per heavy atom. The van der Waals surface area contributed by atoms with Crippen LogP contribution in [0.15, 0.2) is 24.3 Å². The van der Waals surface area contributed by atoms with Gasteiger partial charge in [0, 0.05) is 18.2 Å². The molecule has 1 aromatic rings. The molecule has 1 atom stereocenters. The summed E-state index contributed by atoms with van der Waals surface area (Å²) in [4.78, 5) is 11.5. The van der Waals surface area contributed by atoms with Gasteiger partial charge in [-0.3, -0.25) is 4.79 Å². The molecule has 0 aromatic heterocycles. The largest absolute Gasteiger partial charge is 0.491 e. The number of amides is 1. The molecule has 0 spiro atoms. The number of ether oxygens (including phenoxy) is 2. The van der Waals surface area contributed by atoms with E-state index < -0.39 is 0 Å². The molecule has 0 radical (unpaired) electrons. The smallest absolute Gasteiger partial charge is 0.228 e. The zero-order valence-electron chi connectivity index (χ0n) is 12.9. The molecule has 0 bridgehead atoms. The van der Waals surface area contributed by atoms with E-state index in [4.69, 9.17) is 21.7 Å². The van der Waals surface area contributed by atoms with Crippen molar-refractivity contribution in [2.75, 3.05) is 18.5 Å². The minimum atomic E-state index is -0.103. The molecule has 1 aliphatic rings. The Labute approximate surface area is 136 Å². The molecule has 1 aromatic carbocycles. The Morgan fingerprint density at radius 3 is 2.73 bits per heavy atom. The second-order valence-corrected chi connectivity index (χ2v) is 5.98. The van der Waals surface area contributed by atoms with Gasteiger partial charge in [0.25, 0.3) is 0 Å². The summed E-state index contributed by atoms with van der Waals surface area (Å²) in [5.74, 6) is 0.584. The predicted molar refractivity (Wildman–Crippen MR) is 90.1 cm³/mol. The van der Waals surface area contributed by atoms with E-state index >= 15 is 0 Å². The number of thiocarbonyl (C=S) groups is 1. The third-order valence-corrected chi connectivity index (χ3v) is 3.54. The van der Waals surface area contributed by atoms with Crippen molar-refractivity contribution in [3.05, 3.63) is 24.3 Å². The average Bonchev–Trinajstić information content (AvgIpc) is 2.99. The van der Waals surface area contributed by atoms with Crippen molar-refractivity contribution in [3.8, 4) is 5.75 Å². The van der Waals surface area contributed by atoms with Crippen LogP contribution >= 0.6 is 12.2 Å². The van der Waals surface area contributed by atoms with Gasteiger partial charge in [-0.1, -0.05) is 13.8 Å². The molecule has 1 heterocycles. The number of nitrogens with one attached hydrogen (secondary N) is 2. The molecule has 0 aliphatic carbocycles. The first kappa shape index (κ1) is 16.7. The number of hydrogen-bond donors (Lipinski definition) is 2. The maximum absolute atomic E-state index is 11.5. The molecule has 5 nitrogen and oxygen atoms in total. The SMILES string of the molecule is CC(C)C(=O)NC(=S)Nc1ccc(OCC2CCCO2)cc1. The molecule has 120 valence electrons. The number of carbonyl (C=O) groups is 1. The van der Waals surface area contributed by atoms with E-state index in [1.54, 1.807) is 0 Å². The lowest BCUT2D eigenvalue weighted by molar-refractivity contribution is -0.122. The van der Waals surface area contributed by atoms with Crippen molar-refractivity contribution in [2.45, 2.75) is 32.8 Å². The van der Waals surface area contributed by atoms with Crippen molar-refractivity contribution >= 4 is 28.9 Å². The van der Waals surface area contributed by atoms with E-state index in [-0.39, 0.29) is 17.9 Å². The monoisotopic (exact) mass is 322 g/mol. The van der Waals surface area contributed by atoms with Crippen LogP contribution in [-0.4, -0.2) is 30.3 Å². The average molecular weight is 322 g/mol. The summed E-state index contributed by atoms with van der Waals surface area (Å²) in [7, 11) is 0. The van der Waals surface area contributed by atoms with Gasteiger partial charge >= 0.3 is 0 Å². The third-order valence-electron chi connectivity index (χ3n) is 3.33. The number of rotatable bonds is 5. The summed E-state index contributed by atoms with van der Waals surface area (Å²) in [5.41, 5.74) is 0.804. The van der Waals surface area contributed by atoms with E-state index in [1.807, 2.05) is 38.1 Å². The molecule has 1 unspecified atom stereocenters. The molecule has 22 heavy (non-hydrogen) atoms. The maximum atomic E-state index is 11.5. The Kier molecular flexibility index (Phi) is 6.15. The van der Waals surface area contributed by atoms with Gasteiger partial charge < -0.3 is 20.1 Å². The van der Waals surface area contributed by atoms with Gasteiger partial charge in [0.2, 0.25) is 5.91 Å². The standard InChI is InChI=1S/C16H22N2O3S/c1-11(2)15(19)18-16(22)17-12-5-7-13(8-6-12)21-10-14-4-3-9-20-14/h5-8,11,14H,3-4,9-10H2,1-2H3,(H2,17,18,19,22). The predicted octanol–water partition coefficient (Wildman–Crippen LogP) is 2.71. The molecule has 2 N–H and O–H groups in total. The topological polar surface area (TPSA) is 59.6 Å². The first-order valence-electron chi connectivity index (χ1n) is 7.51. The molecule has 0 saturated carbocycles. The molecule has 2 rings (SSSR count). The number of hydrogen-bond acceptors (Lipinski definition) is 4. The van der Waals surface area contributed by atoms with E-state index in [0.29, 0.717) is 11.7 Å². The fourth-order valence-corrected chi connectivity index (χ4v) is 2.24. The Bertz CT molecular complexity index is 511. The van der Waals surface area contributed by atoms with Crippen molar-refractivity contribution in [2.24, 2.45) is 5.92 Å². The number of benzene rings is 1. The van der Waals surface area contributed by atoms with Crippen LogP contribution in [0, 0.1) is 5.92 Å². The molecule has 6 heteroatoms.